The highest BCUT2D eigenvalue weighted by atomic mass is 32.2. The summed E-state index contributed by atoms with van der Waals surface area (Å²) in [6.45, 7) is 9.09. The number of nitrogens with one attached hydrogen (secondary N) is 1. The summed E-state index contributed by atoms with van der Waals surface area (Å²) in [5, 5.41) is 3.02. The lowest BCUT2D eigenvalue weighted by Gasteiger charge is -2.26. The number of carbonyl (C=O) groups is 1. The summed E-state index contributed by atoms with van der Waals surface area (Å²) in [7, 11) is 1.38. The van der Waals surface area contributed by atoms with Gasteiger partial charge in [-0.1, -0.05) is 49.4 Å². The van der Waals surface area contributed by atoms with Gasteiger partial charge in [-0.15, -0.1) is 0 Å². The van der Waals surface area contributed by atoms with Gasteiger partial charge in [-0.25, -0.2) is 4.98 Å². The molecule has 3 aromatic carbocycles. The van der Waals surface area contributed by atoms with Crippen molar-refractivity contribution in [2.24, 2.45) is 0 Å². The lowest BCUT2D eigenvalue weighted by molar-refractivity contribution is 0.0949. The Labute approximate surface area is 239 Å². The number of aryl methyl sites for hydroxylation is 1. The number of fused-ring (bicyclic) bond motifs is 1. The molecule has 2 heterocycles. The summed E-state index contributed by atoms with van der Waals surface area (Å²) in [5.74, 6) is 1.47. The van der Waals surface area contributed by atoms with Crippen LogP contribution in [0.15, 0.2) is 66.9 Å². The van der Waals surface area contributed by atoms with Crippen LogP contribution in [0.3, 0.4) is 0 Å². The first kappa shape index (κ1) is 28.1. The molecule has 0 unspecified atom stereocenters. The SMILES string of the molecule is CCN(C)CCNC(=O)c1ccc(-c2cnc3cccc(-c4ccc(CN5CCS(=O)CC5)cc4)c3n2)cc1C. The van der Waals surface area contributed by atoms with E-state index in [9.17, 15) is 9.00 Å². The van der Waals surface area contributed by atoms with Crippen molar-refractivity contribution in [1.82, 2.24) is 25.1 Å². The lowest BCUT2D eigenvalue weighted by Crippen LogP contribution is -2.37. The third-order valence-corrected chi connectivity index (χ3v) is 8.88. The molecular weight excluding hydrogens is 518 g/mol. The Hall–Kier alpha value is -3.46. The molecule has 5 rings (SSSR count). The molecule has 4 aromatic rings. The molecule has 0 atom stereocenters. The molecule has 1 aliphatic heterocycles. The predicted molar refractivity (Wildman–Crippen MR) is 164 cm³/mol. The zero-order valence-electron chi connectivity index (χ0n) is 23.5. The minimum absolute atomic E-state index is 0.0564. The average Bonchev–Trinajstić information content (AvgIpc) is 2.98. The number of aromatic nitrogens is 2. The molecule has 40 heavy (non-hydrogen) atoms. The first-order valence-corrected chi connectivity index (χ1v) is 15.4. The van der Waals surface area contributed by atoms with E-state index in [1.54, 1.807) is 6.20 Å². The van der Waals surface area contributed by atoms with Gasteiger partial charge in [0.2, 0.25) is 0 Å². The number of para-hydroxylation sites is 1. The molecule has 0 radical (unpaired) electrons. The van der Waals surface area contributed by atoms with Gasteiger partial charge in [0, 0.05) is 71.7 Å². The van der Waals surface area contributed by atoms with Crippen LogP contribution in [-0.2, 0) is 17.3 Å². The maximum atomic E-state index is 12.7. The summed E-state index contributed by atoms with van der Waals surface area (Å²) < 4.78 is 11.7. The first-order valence-electron chi connectivity index (χ1n) is 13.9. The van der Waals surface area contributed by atoms with Crippen molar-refractivity contribution >= 4 is 27.7 Å². The van der Waals surface area contributed by atoms with Crippen LogP contribution in [0.1, 0.15) is 28.4 Å². The van der Waals surface area contributed by atoms with E-state index in [1.165, 1.54) is 5.56 Å². The first-order chi connectivity index (χ1) is 19.4. The van der Waals surface area contributed by atoms with Crippen LogP contribution in [0, 0.1) is 6.92 Å². The Morgan fingerprint density at radius 1 is 1.05 bits per heavy atom. The second kappa shape index (κ2) is 12.8. The average molecular weight is 556 g/mol. The zero-order valence-corrected chi connectivity index (χ0v) is 24.3. The molecule has 1 fully saturated rings. The molecule has 0 bridgehead atoms. The number of nitrogens with zero attached hydrogens (tertiary/aromatic N) is 4. The third-order valence-electron chi connectivity index (χ3n) is 7.60. The van der Waals surface area contributed by atoms with Crippen molar-refractivity contribution in [2.45, 2.75) is 20.4 Å². The fraction of sp³-hybridized carbons (Fsp3) is 0.344. The maximum Gasteiger partial charge on any atom is 0.251 e. The van der Waals surface area contributed by atoms with Crippen LogP contribution in [0.4, 0.5) is 0 Å². The Kier molecular flexibility index (Phi) is 8.99. The second-order valence-corrected chi connectivity index (χ2v) is 12.1. The van der Waals surface area contributed by atoms with Crippen molar-refractivity contribution in [1.29, 1.82) is 0 Å². The molecule has 1 aromatic heterocycles. The van der Waals surface area contributed by atoms with E-state index >= 15 is 0 Å². The summed E-state index contributed by atoms with van der Waals surface area (Å²) in [5.41, 5.74) is 8.37. The Morgan fingerprint density at radius 2 is 1.80 bits per heavy atom. The monoisotopic (exact) mass is 555 g/mol. The Morgan fingerprint density at radius 3 is 2.52 bits per heavy atom. The van der Waals surface area contributed by atoms with Crippen LogP contribution in [-0.4, -0.2) is 81.2 Å². The van der Waals surface area contributed by atoms with Gasteiger partial charge < -0.3 is 10.2 Å². The molecule has 7 nitrogen and oxygen atoms in total. The number of rotatable bonds is 9. The quantitative estimate of drug-likeness (QED) is 0.327. The number of likely N-dealkylation sites (N-methyl/N-ethyl adjacent to an activating group) is 1. The molecule has 0 aliphatic carbocycles. The van der Waals surface area contributed by atoms with Gasteiger partial charge in [0.05, 0.1) is 22.9 Å². The number of hydrogen-bond donors (Lipinski definition) is 1. The zero-order chi connectivity index (χ0) is 28.1. The molecule has 8 heteroatoms. The van der Waals surface area contributed by atoms with E-state index in [-0.39, 0.29) is 5.91 Å². The summed E-state index contributed by atoms with van der Waals surface area (Å²) in [4.78, 5) is 27.0. The number of carbonyl (C=O) groups excluding carboxylic acids is 1. The number of benzene rings is 3. The third kappa shape index (κ3) is 6.63. The summed E-state index contributed by atoms with van der Waals surface area (Å²) >= 11 is 0. The number of hydrogen-bond acceptors (Lipinski definition) is 6. The highest BCUT2D eigenvalue weighted by Crippen LogP contribution is 2.29. The van der Waals surface area contributed by atoms with Crippen molar-refractivity contribution in [3.63, 3.8) is 0 Å². The van der Waals surface area contributed by atoms with Gasteiger partial charge >= 0.3 is 0 Å². The van der Waals surface area contributed by atoms with E-state index in [0.29, 0.717) is 12.1 Å². The van der Waals surface area contributed by atoms with E-state index in [2.05, 4.69) is 52.4 Å². The van der Waals surface area contributed by atoms with Crippen LogP contribution < -0.4 is 5.32 Å². The lowest BCUT2D eigenvalue weighted by atomic mass is 10.0. The van der Waals surface area contributed by atoms with E-state index < -0.39 is 10.8 Å². The second-order valence-electron chi connectivity index (χ2n) is 10.4. The van der Waals surface area contributed by atoms with Crippen molar-refractivity contribution in [3.8, 4) is 22.4 Å². The standard InChI is InChI=1S/C32H37N5O2S/c1-4-36(3)15-14-33-32(38)27-13-12-26(20-23(27)2)30-21-34-29-7-5-6-28(31(29)35-30)25-10-8-24(9-11-25)22-37-16-18-40(39)19-17-37/h5-13,20-21H,4,14-19,22H2,1-3H3,(H,33,38). The van der Waals surface area contributed by atoms with Crippen LogP contribution >= 0.6 is 0 Å². The molecule has 0 saturated carbocycles. The van der Waals surface area contributed by atoms with Crippen LogP contribution in [0.5, 0.6) is 0 Å². The minimum atomic E-state index is -0.659. The van der Waals surface area contributed by atoms with Gasteiger partial charge in [0.25, 0.3) is 5.91 Å². The minimum Gasteiger partial charge on any atom is -0.351 e. The van der Waals surface area contributed by atoms with Crippen LogP contribution in [0.2, 0.25) is 0 Å². The molecule has 1 N–H and O–H groups in total. The predicted octanol–water partition coefficient (Wildman–Crippen LogP) is 4.52. The fourth-order valence-corrected chi connectivity index (χ4v) is 6.11. The Balaban J connectivity index is 1.35. The largest absolute Gasteiger partial charge is 0.351 e. The van der Waals surface area contributed by atoms with Crippen molar-refractivity contribution < 1.29 is 9.00 Å². The van der Waals surface area contributed by atoms with Gasteiger partial charge in [-0.2, -0.15) is 0 Å². The van der Waals surface area contributed by atoms with Crippen molar-refractivity contribution in [2.75, 3.05) is 51.3 Å². The van der Waals surface area contributed by atoms with Gasteiger partial charge in [0.1, 0.15) is 0 Å². The Bertz CT molecular complexity index is 1510. The highest BCUT2D eigenvalue weighted by molar-refractivity contribution is 7.85. The van der Waals surface area contributed by atoms with Gasteiger partial charge in [-0.05, 0) is 55.4 Å². The van der Waals surface area contributed by atoms with E-state index in [1.807, 2.05) is 44.3 Å². The van der Waals surface area contributed by atoms with Crippen LogP contribution in [0.25, 0.3) is 33.4 Å². The smallest absolute Gasteiger partial charge is 0.251 e. The molecular formula is C32H37N5O2S. The summed E-state index contributed by atoms with van der Waals surface area (Å²) in [6, 6.07) is 20.6. The maximum absolute atomic E-state index is 12.7. The molecule has 0 spiro atoms. The van der Waals surface area contributed by atoms with E-state index in [0.717, 1.165) is 83.2 Å². The van der Waals surface area contributed by atoms with Gasteiger partial charge in [0.15, 0.2) is 0 Å². The van der Waals surface area contributed by atoms with Crippen molar-refractivity contribution in [3.05, 3.63) is 83.6 Å². The molecule has 1 aliphatic rings. The normalized spacial score (nSPS) is 14.6. The topological polar surface area (TPSA) is 78.4 Å². The molecule has 1 saturated heterocycles. The summed E-state index contributed by atoms with van der Waals surface area (Å²) in [6.07, 6.45) is 1.80. The fourth-order valence-electron chi connectivity index (χ4n) is 4.98. The molecule has 208 valence electrons. The van der Waals surface area contributed by atoms with Gasteiger partial charge in [-0.3, -0.25) is 18.9 Å². The molecule has 1 amide bonds. The van der Waals surface area contributed by atoms with E-state index in [4.69, 9.17) is 9.97 Å². The highest BCUT2D eigenvalue weighted by Gasteiger charge is 2.16. The number of amides is 1.